The van der Waals surface area contributed by atoms with Crippen molar-refractivity contribution in [1.29, 1.82) is 0 Å². The van der Waals surface area contributed by atoms with Gasteiger partial charge in [-0.1, -0.05) is 29.8 Å². The molecule has 2 aromatic rings. The smallest absolute Gasteiger partial charge is 0.179 e. The summed E-state index contributed by atoms with van der Waals surface area (Å²) in [7, 11) is 3.00. The molecule has 0 aliphatic rings. The van der Waals surface area contributed by atoms with Crippen LogP contribution in [0.3, 0.4) is 0 Å². The molecule has 1 N–H and O–H groups in total. The molecular formula is C16H16ClFO3. The first-order chi connectivity index (χ1) is 10.1. The normalized spacial score (nSPS) is 12.0. The number of hydrogen-bond acceptors (Lipinski definition) is 3. The summed E-state index contributed by atoms with van der Waals surface area (Å²) >= 11 is 6.25. The third-order valence-electron chi connectivity index (χ3n) is 3.22. The van der Waals surface area contributed by atoms with Gasteiger partial charge in [-0.25, -0.2) is 4.39 Å². The zero-order valence-corrected chi connectivity index (χ0v) is 12.5. The van der Waals surface area contributed by atoms with E-state index in [4.69, 9.17) is 21.1 Å². The van der Waals surface area contributed by atoms with Crippen molar-refractivity contribution >= 4 is 11.6 Å². The van der Waals surface area contributed by atoms with E-state index in [1.807, 2.05) is 0 Å². The summed E-state index contributed by atoms with van der Waals surface area (Å²) in [6, 6.07) is 9.36. The predicted molar refractivity (Wildman–Crippen MR) is 79.6 cm³/mol. The van der Waals surface area contributed by atoms with Crippen molar-refractivity contribution in [3.05, 3.63) is 58.4 Å². The predicted octanol–water partition coefficient (Wildman–Crippen LogP) is 3.77. The van der Waals surface area contributed by atoms with Crippen LogP contribution in [-0.4, -0.2) is 19.3 Å². The fraction of sp³-hybridized carbons (Fsp3) is 0.250. The second-order valence-electron chi connectivity index (χ2n) is 4.55. The van der Waals surface area contributed by atoms with Gasteiger partial charge in [0.25, 0.3) is 0 Å². The maximum atomic E-state index is 12.9. The molecule has 21 heavy (non-hydrogen) atoms. The summed E-state index contributed by atoms with van der Waals surface area (Å²) in [6.07, 6.45) is -0.488. The topological polar surface area (TPSA) is 38.7 Å². The van der Waals surface area contributed by atoms with Crippen LogP contribution in [0.5, 0.6) is 11.5 Å². The van der Waals surface area contributed by atoms with E-state index in [1.165, 1.54) is 26.4 Å². The number of rotatable bonds is 5. The highest BCUT2D eigenvalue weighted by Crippen LogP contribution is 2.40. The quantitative estimate of drug-likeness (QED) is 0.913. The molecule has 2 aromatic carbocycles. The molecule has 0 spiro atoms. The van der Waals surface area contributed by atoms with E-state index in [-0.39, 0.29) is 5.82 Å². The summed E-state index contributed by atoms with van der Waals surface area (Å²) in [4.78, 5) is 0. The molecule has 0 bridgehead atoms. The Morgan fingerprint density at radius 2 is 1.76 bits per heavy atom. The first-order valence-corrected chi connectivity index (χ1v) is 6.77. The van der Waals surface area contributed by atoms with Crippen LogP contribution in [0.4, 0.5) is 4.39 Å². The van der Waals surface area contributed by atoms with Crippen LogP contribution in [0, 0.1) is 5.82 Å². The van der Waals surface area contributed by atoms with Crippen LogP contribution in [0.25, 0.3) is 0 Å². The van der Waals surface area contributed by atoms with Gasteiger partial charge in [0.2, 0.25) is 0 Å². The summed E-state index contributed by atoms with van der Waals surface area (Å²) < 4.78 is 23.2. The standard InChI is InChI=1S/C16H16ClFO3/c1-20-14-8-7-12(15(17)16(14)21-2)13(19)9-10-3-5-11(18)6-4-10/h3-8,13,19H,9H2,1-2H3. The number of methoxy groups -OCH3 is 2. The molecule has 1 atom stereocenters. The van der Waals surface area contributed by atoms with Gasteiger partial charge in [-0.3, -0.25) is 0 Å². The van der Waals surface area contributed by atoms with Crippen LogP contribution in [0.2, 0.25) is 5.02 Å². The average molecular weight is 311 g/mol. The van der Waals surface area contributed by atoms with Gasteiger partial charge in [-0.05, 0) is 23.8 Å². The third-order valence-corrected chi connectivity index (χ3v) is 3.61. The second kappa shape index (κ2) is 6.78. The fourth-order valence-electron chi connectivity index (χ4n) is 2.12. The number of hydrogen-bond donors (Lipinski definition) is 1. The van der Waals surface area contributed by atoms with Crippen molar-refractivity contribution in [2.24, 2.45) is 0 Å². The van der Waals surface area contributed by atoms with Gasteiger partial charge in [-0.15, -0.1) is 0 Å². The SMILES string of the molecule is COc1ccc(C(O)Cc2ccc(F)cc2)c(Cl)c1OC. The highest BCUT2D eigenvalue weighted by atomic mass is 35.5. The molecular weight excluding hydrogens is 295 g/mol. The van der Waals surface area contributed by atoms with E-state index in [9.17, 15) is 9.50 Å². The first kappa shape index (κ1) is 15.6. The molecule has 1 unspecified atom stereocenters. The number of ether oxygens (including phenoxy) is 2. The molecule has 5 heteroatoms. The zero-order valence-electron chi connectivity index (χ0n) is 11.8. The van der Waals surface area contributed by atoms with Gasteiger partial charge < -0.3 is 14.6 Å². The molecule has 2 rings (SSSR count). The summed E-state index contributed by atoms with van der Waals surface area (Å²) in [6.45, 7) is 0. The highest BCUT2D eigenvalue weighted by molar-refractivity contribution is 6.33. The van der Waals surface area contributed by atoms with Crippen molar-refractivity contribution in [3.63, 3.8) is 0 Å². The maximum Gasteiger partial charge on any atom is 0.179 e. The van der Waals surface area contributed by atoms with E-state index >= 15 is 0 Å². The fourth-order valence-corrected chi connectivity index (χ4v) is 2.47. The molecule has 112 valence electrons. The van der Waals surface area contributed by atoms with Gasteiger partial charge in [0.15, 0.2) is 11.5 Å². The van der Waals surface area contributed by atoms with Crippen molar-refractivity contribution < 1.29 is 19.0 Å². The molecule has 0 radical (unpaired) electrons. The molecule has 0 aliphatic heterocycles. The van der Waals surface area contributed by atoms with E-state index in [2.05, 4.69) is 0 Å². The highest BCUT2D eigenvalue weighted by Gasteiger charge is 2.18. The minimum atomic E-state index is -0.817. The minimum Gasteiger partial charge on any atom is -0.493 e. The first-order valence-electron chi connectivity index (χ1n) is 6.39. The van der Waals surface area contributed by atoms with Crippen molar-refractivity contribution in [2.75, 3.05) is 14.2 Å². The third kappa shape index (κ3) is 3.46. The van der Waals surface area contributed by atoms with Gasteiger partial charge in [0.05, 0.1) is 25.3 Å². The van der Waals surface area contributed by atoms with Crippen molar-refractivity contribution in [1.82, 2.24) is 0 Å². The Bertz CT molecular complexity index is 614. The van der Waals surface area contributed by atoms with E-state index in [1.54, 1.807) is 24.3 Å². The van der Waals surface area contributed by atoms with Crippen LogP contribution in [0.15, 0.2) is 36.4 Å². The van der Waals surface area contributed by atoms with Gasteiger partial charge in [-0.2, -0.15) is 0 Å². The molecule has 0 fully saturated rings. The Hall–Kier alpha value is -1.78. The minimum absolute atomic E-state index is 0.308. The Balaban J connectivity index is 2.26. The molecule has 0 amide bonds. The monoisotopic (exact) mass is 310 g/mol. The van der Waals surface area contributed by atoms with E-state index in [0.717, 1.165) is 5.56 Å². The second-order valence-corrected chi connectivity index (χ2v) is 4.93. The average Bonchev–Trinajstić information content (AvgIpc) is 2.49. The Labute approximate surface area is 127 Å². The maximum absolute atomic E-state index is 12.9. The Morgan fingerprint density at radius 1 is 1.10 bits per heavy atom. The molecule has 0 saturated heterocycles. The lowest BCUT2D eigenvalue weighted by Gasteiger charge is -2.17. The summed E-state index contributed by atoms with van der Waals surface area (Å²) in [5.74, 6) is 0.576. The van der Waals surface area contributed by atoms with Gasteiger partial charge in [0.1, 0.15) is 5.82 Å². The lowest BCUT2D eigenvalue weighted by molar-refractivity contribution is 0.178. The molecule has 0 heterocycles. The molecule has 0 aliphatic carbocycles. The van der Waals surface area contributed by atoms with E-state index < -0.39 is 6.10 Å². The van der Waals surface area contributed by atoms with Crippen molar-refractivity contribution in [2.45, 2.75) is 12.5 Å². The lowest BCUT2D eigenvalue weighted by atomic mass is 10.0. The van der Waals surface area contributed by atoms with Crippen LogP contribution >= 0.6 is 11.6 Å². The van der Waals surface area contributed by atoms with Crippen molar-refractivity contribution in [3.8, 4) is 11.5 Å². The number of aliphatic hydroxyl groups is 1. The molecule has 0 saturated carbocycles. The number of halogens is 2. The largest absolute Gasteiger partial charge is 0.493 e. The molecule has 3 nitrogen and oxygen atoms in total. The van der Waals surface area contributed by atoms with Crippen LogP contribution in [-0.2, 0) is 6.42 Å². The zero-order chi connectivity index (χ0) is 15.4. The van der Waals surface area contributed by atoms with Crippen LogP contribution < -0.4 is 9.47 Å². The Kier molecular flexibility index (Phi) is 5.04. The Morgan fingerprint density at radius 3 is 2.33 bits per heavy atom. The van der Waals surface area contributed by atoms with Gasteiger partial charge >= 0.3 is 0 Å². The lowest BCUT2D eigenvalue weighted by Crippen LogP contribution is -2.04. The number of benzene rings is 2. The van der Waals surface area contributed by atoms with Gasteiger partial charge in [0, 0.05) is 12.0 Å². The summed E-state index contributed by atoms with van der Waals surface area (Å²) in [5.41, 5.74) is 1.35. The van der Waals surface area contributed by atoms with Crippen LogP contribution in [0.1, 0.15) is 17.2 Å². The molecule has 0 aromatic heterocycles. The summed E-state index contributed by atoms with van der Waals surface area (Å²) in [5, 5.41) is 10.6. The number of aliphatic hydroxyl groups excluding tert-OH is 1. The van der Waals surface area contributed by atoms with E-state index in [0.29, 0.717) is 28.5 Å².